The van der Waals surface area contributed by atoms with E-state index in [1.54, 1.807) is 11.3 Å². The molecule has 0 amide bonds. The van der Waals surface area contributed by atoms with Crippen LogP contribution in [0.4, 0.5) is 10.7 Å². The summed E-state index contributed by atoms with van der Waals surface area (Å²) in [7, 11) is 0. The van der Waals surface area contributed by atoms with Crippen molar-refractivity contribution in [2.45, 2.75) is 58.8 Å². The van der Waals surface area contributed by atoms with Crippen LogP contribution < -0.4 is 10.6 Å². The zero-order chi connectivity index (χ0) is 15.2. The third kappa shape index (κ3) is 2.83. The van der Waals surface area contributed by atoms with Crippen molar-refractivity contribution < 1.29 is 4.79 Å². The second kappa shape index (κ2) is 5.31. The number of Topliss-reactive ketones (excluding diaryl/α,β-unsaturated/α-hetero) is 1. The second-order valence-corrected chi connectivity index (χ2v) is 8.27. The summed E-state index contributed by atoms with van der Waals surface area (Å²) in [4.78, 5) is 15.4. The minimum atomic E-state index is 0.197. The molecule has 0 atom stereocenters. The maximum atomic E-state index is 12.1. The van der Waals surface area contributed by atoms with Crippen molar-refractivity contribution >= 4 is 27.8 Å². The average Bonchev–Trinajstić information content (AvgIpc) is 3.22. The first kappa shape index (κ1) is 14.9. The fourth-order valence-electron chi connectivity index (χ4n) is 3.13. The highest BCUT2D eigenvalue weighted by atomic mass is 32.1. The van der Waals surface area contributed by atoms with Crippen LogP contribution in [0.1, 0.15) is 74.0 Å². The van der Waals surface area contributed by atoms with Crippen LogP contribution in [0.2, 0.25) is 0 Å². The van der Waals surface area contributed by atoms with E-state index in [9.17, 15) is 4.79 Å². The van der Waals surface area contributed by atoms with Crippen LogP contribution in [-0.2, 0) is 0 Å². The van der Waals surface area contributed by atoms with Crippen molar-refractivity contribution in [1.29, 1.82) is 0 Å². The van der Waals surface area contributed by atoms with Crippen LogP contribution in [0.5, 0.6) is 0 Å². The molecule has 116 valence electrons. The summed E-state index contributed by atoms with van der Waals surface area (Å²) in [6.45, 7) is 8.79. The third-order valence-electron chi connectivity index (χ3n) is 4.93. The normalized spacial score (nSPS) is 21.6. The molecule has 0 bridgehead atoms. The van der Waals surface area contributed by atoms with Crippen molar-refractivity contribution in [2.24, 2.45) is 5.41 Å². The van der Waals surface area contributed by atoms with Crippen LogP contribution in [-0.4, -0.2) is 18.9 Å². The van der Waals surface area contributed by atoms with Crippen molar-refractivity contribution in [3.05, 3.63) is 10.4 Å². The average molecular weight is 306 g/mol. The molecule has 1 aliphatic heterocycles. The number of thiophene rings is 1. The van der Waals surface area contributed by atoms with E-state index in [0.29, 0.717) is 17.8 Å². The number of hydrogen-bond donors (Lipinski definition) is 1. The van der Waals surface area contributed by atoms with Gasteiger partial charge in [0.1, 0.15) is 0 Å². The van der Waals surface area contributed by atoms with Gasteiger partial charge in [0.15, 0.2) is 5.78 Å². The van der Waals surface area contributed by atoms with Crippen LogP contribution in [0.15, 0.2) is 0 Å². The summed E-state index contributed by atoms with van der Waals surface area (Å²) in [5.41, 5.74) is 8.86. The van der Waals surface area contributed by atoms with Gasteiger partial charge in [-0.2, -0.15) is 0 Å². The summed E-state index contributed by atoms with van der Waals surface area (Å²) >= 11 is 1.65. The van der Waals surface area contributed by atoms with Crippen molar-refractivity contribution in [3.63, 3.8) is 0 Å². The lowest BCUT2D eigenvalue weighted by Gasteiger charge is -2.38. The number of ketones is 1. The molecule has 2 heterocycles. The smallest absolute Gasteiger partial charge is 0.174 e. The minimum absolute atomic E-state index is 0.197. The number of nitrogen functional groups attached to an aromatic ring is 1. The van der Waals surface area contributed by atoms with Gasteiger partial charge in [0, 0.05) is 25.1 Å². The molecular weight excluding hydrogens is 280 g/mol. The highest BCUT2D eigenvalue weighted by Crippen LogP contribution is 2.53. The van der Waals surface area contributed by atoms with Crippen LogP contribution in [0, 0.1) is 5.41 Å². The predicted octanol–water partition coefficient (Wildman–Crippen LogP) is 4.43. The molecule has 2 aliphatic rings. The Bertz CT molecular complexity index is 547. The Labute approximate surface area is 131 Å². The molecule has 0 radical (unpaired) electrons. The van der Waals surface area contributed by atoms with Crippen LogP contribution in [0.25, 0.3) is 0 Å². The third-order valence-corrected chi connectivity index (χ3v) is 6.25. The van der Waals surface area contributed by atoms with Gasteiger partial charge in [-0.05, 0) is 37.0 Å². The number of anilines is 2. The van der Waals surface area contributed by atoms with Crippen molar-refractivity contribution in [2.75, 3.05) is 23.7 Å². The Kier molecular flexibility index (Phi) is 3.76. The highest BCUT2D eigenvalue weighted by Gasteiger charge is 2.36. The van der Waals surface area contributed by atoms with E-state index in [0.717, 1.165) is 23.7 Å². The summed E-state index contributed by atoms with van der Waals surface area (Å²) in [6.07, 6.45) is 5.43. The largest absolute Gasteiger partial charge is 0.397 e. The number of nitrogens with two attached hydrogens (primary N) is 1. The Morgan fingerprint density at radius 2 is 1.95 bits per heavy atom. The lowest BCUT2D eigenvalue weighted by Crippen LogP contribution is -2.37. The van der Waals surface area contributed by atoms with Crippen LogP contribution >= 0.6 is 11.3 Å². The first-order valence-corrected chi connectivity index (χ1v) is 8.95. The zero-order valence-corrected chi connectivity index (χ0v) is 14.2. The Morgan fingerprint density at radius 3 is 2.48 bits per heavy atom. The van der Waals surface area contributed by atoms with Gasteiger partial charge in [0.25, 0.3) is 0 Å². The number of rotatable bonds is 4. The molecule has 1 saturated heterocycles. The molecular formula is C17H26N2OS. The zero-order valence-electron chi connectivity index (χ0n) is 13.4. The molecule has 3 rings (SSSR count). The molecule has 1 saturated carbocycles. The molecule has 0 unspecified atom stereocenters. The topological polar surface area (TPSA) is 46.3 Å². The number of carbonyl (C=O) groups is 1. The lowest BCUT2D eigenvalue weighted by molar-refractivity contribution is 0.0993. The van der Waals surface area contributed by atoms with E-state index in [-0.39, 0.29) is 5.78 Å². The standard InChI is InChI=1S/C17H26N2OS/c1-4-12(20)15-14(18)13(11-5-6-11)16(21-15)19-9-7-17(2,3)8-10-19/h11H,4-10,18H2,1-3H3. The first-order chi connectivity index (χ1) is 9.93. The molecule has 21 heavy (non-hydrogen) atoms. The minimum Gasteiger partial charge on any atom is -0.397 e. The Hall–Kier alpha value is -1.03. The van der Waals surface area contributed by atoms with E-state index in [4.69, 9.17) is 5.73 Å². The van der Waals surface area contributed by atoms with Crippen LogP contribution in [0.3, 0.4) is 0 Å². The molecule has 2 fully saturated rings. The molecule has 1 aromatic rings. The molecule has 0 spiro atoms. The van der Waals surface area contributed by atoms with E-state index < -0.39 is 0 Å². The maximum Gasteiger partial charge on any atom is 0.174 e. The first-order valence-electron chi connectivity index (χ1n) is 8.13. The van der Waals surface area contributed by atoms with Gasteiger partial charge in [-0.25, -0.2) is 0 Å². The summed E-state index contributed by atoms with van der Waals surface area (Å²) in [5.74, 6) is 0.799. The van der Waals surface area contributed by atoms with E-state index in [1.165, 1.54) is 36.2 Å². The van der Waals surface area contributed by atoms with Crippen molar-refractivity contribution in [3.8, 4) is 0 Å². The van der Waals surface area contributed by atoms with Crippen molar-refractivity contribution in [1.82, 2.24) is 0 Å². The summed E-state index contributed by atoms with van der Waals surface area (Å²) < 4.78 is 0. The molecule has 1 aromatic heterocycles. The molecule has 1 aliphatic carbocycles. The van der Waals surface area contributed by atoms with E-state index in [2.05, 4.69) is 18.7 Å². The highest BCUT2D eigenvalue weighted by molar-refractivity contribution is 7.19. The molecule has 4 heteroatoms. The SMILES string of the molecule is CCC(=O)c1sc(N2CCC(C)(C)CC2)c(C2CC2)c1N. The Balaban J connectivity index is 1.92. The predicted molar refractivity (Wildman–Crippen MR) is 90.6 cm³/mol. The summed E-state index contributed by atoms with van der Waals surface area (Å²) in [5, 5.41) is 1.29. The number of nitrogens with zero attached hydrogens (tertiary/aromatic N) is 1. The van der Waals surface area contributed by atoms with E-state index >= 15 is 0 Å². The van der Waals surface area contributed by atoms with Gasteiger partial charge in [0.2, 0.25) is 0 Å². The maximum absolute atomic E-state index is 12.1. The monoisotopic (exact) mass is 306 g/mol. The van der Waals surface area contributed by atoms with E-state index in [1.807, 2.05) is 6.92 Å². The van der Waals surface area contributed by atoms with Gasteiger partial charge < -0.3 is 10.6 Å². The molecule has 0 aromatic carbocycles. The fraction of sp³-hybridized carbons (Fsp3) is 0.706. The van der Waals surface area contributed by atoms with Gasteiger partial charge >= 0.3 is 0 Å². The van der Waals surface area contributed by atoms with Gasteiger partial charge in [0.05, 0.1) is 15.6 Å². The van der Waals surface area contributed by atoms with Gasteiger partial charge in [-0.15, -0.1) is 11.3 Å². The lowest BCUT2D eigenvalue weighted by atomic mass is 9.83. The fourth-order valence-corrected chi connectivity index (χ4v) is 4.50. The Morgan fingerprint density at radius 1 is 1.33 bits per heavy atom. The number of hydrogen-bond acceptors (Lipinski definition) is 4. The summed E-state index contributed by atoms with van der Waals surface area (Å²) in [6, 6.07) is 0. The molecule has 2 N–H and O–H groups in total. The number of piperidine rings is 1. The van der Waals surface area contributed by atoms with Gasteiger partial charge in [-0.1, -0.05) is 20.8 Å². The molecule has 3 nitrogen and oxygen atoms in total. The van der Waals surface area contributed by atoms with Gasteiger partial charge in [-0.3, -0.25) is 4.79 Å². The second-order valence-electron chi connectivity index (χ2n) is 7.27. The number of carbonyl (C=O) groups excluding carboxylic acids is 1. The quantitative estimate of drug-likeness (QED) is 0.837.